The molecule has 8 heteroatoms. The molecule has 1 aromatic rings. The molecule has 3 nitrogen and oxygen atoms in total. The fraction of sp³-hybridized carbons (Fsp3) is 0.556. The molecule has 17 heavy (non-hydrogen) atoms. The summed E-state index contributed by atoms with van der Waals surface area (Å²) in [6.45, 7) is 0.369. The first-order valence-electron chi connectivity index (χ1n) is 4.67. The van der Waals surface area contributed by atoms with Crippen molar-refractivity contribution in [3.8, 4) is 0 Å². The van der Waals surface area contributed by atoms with E-state index in [9.17, 15) is 18.0 Å². The van der Waals surface area contributed by atoms with Crippen molar-refractivity contribution in [1.82, 2.24) is 9.88 Å². The quantitative estimate of drug-likeness (QED) is 0.795. The smallest absolute Gasteiger partial charge is 0.328 e. The Morgan fingerprint density at radius 3 is 2.65 bits per heavy atom. The highest BCUT2D eigenvalue weighted by molar-refractivity contribution is 9.09. The number of alkyl halides is 4. The Hall–Kier alpha value is -0.630. The van der Waals surface area contributed by atoms with Gasteiger partial charge >= 0.3 is 6.18 Å². The number of thiazole rings is 1. The average Bonchev–Trinajstić information content (AvgIpc) is 2.61. The molecule has 1 amide bonds. The van der Waals surface area contributed by atoms with E-state index in [1.54, 1.807) is 6.92 Å². The summed E-state index contributed by atoms with van der Waals surface area (Å²) >= 11 is 4.09. The molecule has 0 aromatic carbocycles. The molecule has 0 aliphatic rings. The van der Waals surface area contributed by atoms with Crippen LogP contribution in [0.2, 0.25) is 0 Å². The molecular weight excluding hydrogens is 321 g/mol. The molecule has 0 radical (unpaired) electrons. The molecule has 1 rings (SSSR count). The highest BCUT2D eigenvalue weighted by Gasteiger charge is 2.33. The molecule has 96 valence electrons. The summed E-state index contributed by atoms with van der Waals surface area (Å²) in [7, 11) is 0. The van der Waals surface area contributed by atoms with Crippen LogP contribution in [-0.2, 0) is 0 Å². The number of carbonyl (C=O) groups is 1. The third-order valence-corrected chi connectivity index (χ3v) is 3.22. The van der Waals surface area contributed by atoms with E-state index in [2.05, 4.69) is 20.9 Å². The van der Waals surface area contributed by atoms with Crippen LogP contribution < -0.4 is 0 Å². The van der Waals surface area contributed by atoms with Crippen LogP contribution in [0.3, 0.4) is 0 Å². The van der Waals surface area contributed by atoms with Crippen molar-refractivity contribution in [3.63, 3.8) is 0 Å². The highest BCUT2D eigenvalue weighted by Crippen LogP contribution is 2.20. The van der Waals surface area contributed by atoms with E-state index in [4.69, 9.17) is 0 Å². The van der Waals surface area contributed by atoms with Crippen LogP contribution in [0, 0.1) is 6.92 Å². The molecule has 1 aromatic heterocycles. The molecule has 0 bridgehead atoms. The molecule has 0 saturated heterocycles. The van der Waals surface area contributed by atoms with Crippen molar-refractivity contribution in [3.05, 3.63) is 16.1 Å². The fourth-order valence-corrected chi connectivity index (χ4v) is 2.42. The molecular formula is C9H10BrF3N2OS. The minimum absolute atomic E-state index is 0.00961. The van der Waals surface area contributed by atoms with Gasteiger partial charge in [0, 0.05) is 11.9 Å². The van der Waals surface area contributed by atoms with E-state index >= 15 is 0 Å². The van der Waals surface area contributed by atoms with Crippen LogP contribution in [0.5, 0.6) is 0 Å². The van der Waals surface area contributed by atoms with Crippen LogP contribution >= 0.6 is 27.3 Å². The number of nitrogens with zero attached hydrogens (tertiary/aromatic N) is 2. The van der Waals surface area contributed by atoms with Gasteiger partial charge in [0.15, 0.2) is 0 Å². The zero-order chi connectivity index (χ0) is 13.1. The standard InChI is InChI=1S/C9H10BrF3N2OS/c1-6-7(17-5-14-6)8(16)15(3-2-10)4-9(11,12)13/h5H,2-4H2,1H3. The lowest BCUT2D eigenvalue weighted by Gasteiger charge is -2.22. The Bertz CT molecular complexity index is 394. The second-order valence-electron chi connectivity index (χ2n) is 3.30. The summed E-state index contributed by atoms with van der Waals surface area (Å²) < 4.78 is 36.9. The molecule has 0 N–H and O–H groups in total. The van der Waals surface area contributed by atoms with Crippen molar-refractivity contribution in [2.24, 2.45) is 0 Å². The van der Waals surface area contributed by atoms with Gasteiger partial charge in [0.25, 0.3) is 5.91 Å². The summed E-state index contributed by atoms with van der Waals surface area (Å²) in [6, 6.07) is 0. The molecule has 0 fully saturated rings. The van der Waals surface area contributed by atoms with Gasteiger partial charge in [-0.25, -0.2) is 4.98 Å². The predicted octanol–water partition coefficient (Wildman–Crippen LogP) is 2.85. The van der Waals surface area contributed by atoms with Gasteiger partial charge in [-0.15, -0.1) is 11.3 Å². The van der Waals surface area contributed by atoms with Gasteiger partial charge in [-0.1, -0.05) is 15.9 Å². The monoisotopic (exact) mass is 330 g/mol. The van der Waals surface area contributed by atoms with Crippen molar-refractivity contribution < 1.29 is 18.0 Å². The zero-order valence-corrected chi connectivity index (χ0v) is 11.3. The summed E-state index contributed by atoms with van der Waals surface area (Å²) in [5, 5.41) is 0.298. The van der Waals surface area contributed by atoms with Gasteiger partial charge in [-0.3, -0.25) is 4.79 Å². The van der Waals surface area contributed by atoms with Gasteiger partial charge in [0.1, 0.15) is 11.4 Å². The molecule has 0 aliphatic carbocycles. The summed E-state index contributed by atoms with van der Waals surface area (Å²) in [5.41, 5.74) is 1.91. The predicted molar refractivity (Wildman–Crippen MR) is 62.6 cm³/mol. The molecule has 0 aliphatic heterocycles. The Balaban J connectivity index is 2.84. The van der Waals surface area contributed by atoms with Crippen molar-refractivity contribution >= 4 is 33.2 Å². The second kappa shape index (κ2) is 5.81. The first kappa shape index (κ1) is 14.4. The van der Waals surface area contributed by atoms with E-state index in [0.29, 0.717) is 11.0 Å². The number of hydrogen-bond acceptors (Lipinski definition) is 3. The van der Waals surface area contributed by atoms with E-state index in [1.807, 2.05) is 0 Å². The third-order valence-electron chi connectivity index (χ3n) is 1.95. The molecule has 0 saturated carbocycles. The minimum atomic E-state index is -4.39. The molecule has 0 spiro atoms. The number of aryl methyl sites for hydroxylation is 1. The van der Waals surface area contributed by atoms with E-state index < -0.39 is 18.6 Å². The van der Waals surface area contributed by atoms with Crippen LogP contribution in [0.25, 0.3) is 0 Å². The van der Waals surface area contributed by atoms with Crippen LogP contribution in [-0.4, -0.2) is 40.4 Å². The van der Waals surface area contributed by atoms with E-state index in [0.717, 1.165) is 16.2 Å². The Morgan fingerprint density at radius 2 is 2.24 bits per heavy atom. The van der Waals surface area contributed by atoms with E-state index in [-0.39, 0.29) is 11.4 Å². The Kier molecular flexibility index (Phi) is 4.93. The zero-order valence-electron chi connectivity index (χ0n) is 8.92. The van der Waals surface area contributed by atoms with E-state index in [1.165, 1.54) is 5.51 Å². The van der Waals surface area contributed by atoms with Gasteiger partial charge < -0.3 is 4.90 Å². The lowest BCUT2D eigenvalue weighted by Crippen LogP contribution is -2.40. The second-order valence-corrected chi connectivity index (χ2v) is 4.95. The molecule has 1 heterocycles. The largest absolute Gasteiger partial charge is 0.406 e. The van der Waals surface area contributed by atoms with Gasteiger partial charge in [-0.2, -0.15) is 13.2 Å². The number of carbonyl (C=O) groups excluding carboxylic acids is 1. The van der Waals surface area contributed by atoms with Crippen molar-refractivity contribution in [1.29, 1.82) is 0 Å². The topological polar surface area (TPSA) is 33.2 Å². The number of halogens is 4. The Labute approximate surface area is 109 Å². The maximum absolute atomic E-state index is 12.3. The average molecular weight is 331 g/mol. The first-order chi connectivity index (χ1) is 7.85. The van der Waals surface area contributed by atoms with Crippen LogP contribution in [0.1, 0.15) is 15.4 Å². The van der Waals surface area contributed by atoms with Gasteiger partial charge in [0.2, 0.25) is 0 Å². The Morgan fingerprint density at radius 1 is 1.59 bits per heavy atom. The maximum Gasteiger partial charge on any atom is 0.406 e. The first-order valence-corrected chi connectivity index (χ1v) is 6.67. The summed E-state index contributed by atoms with van der Waals surface area (Å²) in [4.78, 5) is 16.8. The lowest BCUT2D eigenvalue weighted by atomic mass is 10.3. The number of aromatic nitrogens is 1. The van der Waals surface area contributed by atoms with Gasteiger partial charge in [-0.05, 0) is 6.92 Å². The van der Waals surface area contributed by atoms with Crippen molar-refractivity contribution in [2.45, 2.75) is 13.1 Å². The summed E-state index contributed by atoms with van der Waals surface area (Å²) in [5.74, 6) is -0.623. The normalized spacial score (nSPS) is 11.6. The highest BCUT2D eigenvalue weighted by atomic mass is 79.9. The molecule has 0 unspecified atom stereocenters. The van der Waals surface area contributed by atoms with Gasteiger partial charge in [0.05, 0.1) is 11.2 Å². The maximum atomic E-state index is 12.3. The molecule has 0 atom stereocenters. The number of rotatable bonds is 4. The minimum Gasteiger partial charge on any atom is -0.328 e. The lowest BCUT2D eigenvalue weighted by molar-refractivity contribution is -0.140. The van der Waals surface area contributed by atoms with Crippen LogP contribution in [0.15, 0.2) is 5.51 Å². The third kappa shape index (κ3) is 4.27. The number of hydrogen-bond donors (Lipinski definition) is 0. The summed E-state index contributed by atoms with van der Waals surface area (Å²) in [6.07, 6.45) is -4.39. The van der Waals surface area contributed by atoms with Crippen LogP contribution in [0.4, 0.5) is 13.2 Å². The SMILES string of the molecule is Cc1ncsc1C(=O)N(CCBr)CC(F)(F)F. The van der Waals surface area contributed by atoms with Crippen molar-refractivity contribution in [2.75, 3.05) is 18.4 Å². The number of amides is 1. The fourth-order valence-electron chi connectivity index (χ4n) is 1.22.